The predicted molar refractivity (Wildman–Crippen MR) is 101 cm³/mol. The lowest BCUT2D eigenvalue weighted by atomic mass is 10.1. The molecule has 148 valence electrons. The van der Waals surface area contributed by atoms with Crippen molar-refractivity contribution in [2.45, 2.75) is 37.9 Å². The van der Waals surface area contributed by atoms with E-state index in [0.29, 0.717) is 17.4 Å². The van der Waals surface area contributed by atoms with E-state index in [1.807, 2.05) is 24.5 Å². The van der Waals surface area contributed by atoms with E-state index in [2.05, 4.69) is 19.7 Å². The van der Waals surface area contributed by atoms with E-state index >= 15 is 0 Å². The molecule has 0 atom stereocenters. The number of alkyl halides is 3. The van der Waals surface area contributed by atoms with E-state index in [-0.39, 0.29) is 5.89 Å². The Labute approximate surface area is 164 Å². The maximum Gasteiger partial charge on any atom is 0.416 e. The third-order valence-corrected chi connectivity index (χ3v) is 5.44. The summed E-state index contributed by atoms with van der Waals surface area (Å²) in [5.41, 5.74) is 2.39. The van der Waals surface area contributed by atoms with E-state index in [4.69, 9.17) is 4.52 Å². The van der Waals surface area contributed by atoms with Crippen LogP contribution in [0.1, 0.15) is 37.3 Å². The number of rotatable bonds is 3. The number of halogens is 3. The molecule has 8 heteroatoms. The van der Waals surface area contributed by atoms with E-state index in [9.17, 15) is 13.2 Å². The first-order chi connectivity index (χ1) is 14.0. The largest absolute Gasteiger partial charge is 0.416 e. The van der Waals surface area contributed by atoms with Crippen molar-refractivity contribution in [1.29, 1.82) is 0 Å². The molecular weight excluding hydrogens is 381 g/mol. The van der Waals surface area contributed by atoms with Crippen molar-refractivity contribution in [2.24, 2.45) is 0 Å². The number of benzene rings is 2. The number of nitrogens with zero attached hydrogens (tertiary/aromatic N) is 4. The molecule has 1 aliphatic rings. The Morgan fingerprint density at radius 1 is 0.966 bits per heavy atom. The van der Waals surface area contributed by atoms with Gasteiger partial charge in [-0.2, -0.15) is 18.2 Å². The molecule has 1 saturated carbocycles. The monoisotopic (exact) mass is 398 g/mol. The molecule has 2 heterocycles. The summed E-state index contributed by atoms with van der Waals surface area (Å²) in [7, 11) is 0. The van der Waals surface area contributed by atoms with Gasteiger partial charge in [0, 0.05) is 17.2 Å². The van der Waals surface area contributed by atoms with Crippen molar-refractivity contribution in [3.63, 3.8) is 0 Å². The molecule has 0 aliphatic heterocycles. The summed E-state index contributed by atoms with van der Waals surface area (Å²) in [6.07, 6.45) is 2.35. The van der Waals surface area contributed by atoms with Crippen LogP contribution < -0.4 is 0 Å². The van der Waals surface area contributed by atoms with Crippen molar-refractivity contribution >= 4 is 11.0 Å². The SMILES string of the molecule is FC(F)(F)c1ccc(-c2nc(-c3ccc4c(c3)ncn4C3CCCC3)no2)cc1. The summed E-state index contributed by atoms with van der Waals surface area (Å²) in [4.78, 5) is 8.86. The van der Waals surface area contributed by atoms with Crippen LogP contribution in [-0.2, 0) is 6.18 Å². The van der Waals surface area contributed by atoms with Gasteiger partial charge in [0.1, 0.15) is 0 Å². The maximum atomic E-state index is 12.7. The summed E-state index contributed by atoms with van der Waals surface area (Å²) in [5.74, 6) is 0.544. The maximum absolute atomic E-state index is 12.7. The Morgan fingerprint density at radius 2 is 1.69 bits per heavy atom. The van der Waals surface area contributed by atoms with Crippen LogP contribution in [0.3, 0.4) is 0 Å². The molecule has 1 fully saturated rings. The fourth-order valence-corrected chi connectivity index (χ4v) is 3.90. The highest BCUT2D eigenvalue weighted by Crippen LogP contribution is 2.34. The van der Waals surface area contributed by atoms with Crippen LogP contribution in [0, 0.1) is 0 Å². The lowest BCUT2D eigenvalue weighted by molar-refractivity contribution is -0.137. The molecule has 5 rings (SSSR count). The van der Waals surface area contributed by atoms with Crippen molar-refractivity contribution in [1.82, 2.24) is 19.7 Å². The topological polar surface area (TPSA) is 56.7 Å². The molecule has 5 nitrogen and oxygen atoms in total. The molecule has 0 saturated heterocycles. The minimum Gasteiger partial charge on any atom is -0.334 e. The third kappa shape index (κ3) is 3.28. The first-order valence-corrected chi connectivity index (χ1v) is 9.47. The van der Waals surface area contributed by atoms with E-state index in [1.165, 1.54) is 37.8 Å². The zero-order chi connectivity index (χ0) is 20.0. The second-order valence-corrected chi connectivity index (χ2v) is 7.29. The van der Waals surface area contributed by atoms with Crippen molar-refractivity contribution in [2.75, 3.05) is 0 Å². The minimum absolute atomic E-state index is 0.172. The highest BCUT2D eigenvalue weighted by molar-refractivity contribution is 5.81. The Kier molecular flexibility index (Phi) is 4.15. The molecule has 29 heavy (non-hydrogen) atoms. The van der Waals surface area contributed by atoms with Crippen LogP contribution in [-0.4, -0.2) is 19.7 Å². The van der Waals surface area contributed by atoms with E-state index in [0.717, 1.165) is 28.7 Å². The highest BCUT2D eigenvalue weighted by atomic mass is 19.4. The average molecular weight is 398 g/mol. The number of aromatic nitrogens is 4. The fraction of sp³-hybridized carbons (Fsp3) is 0.286. The third-order valence-electron chi connectivity index (χ3n) is 5.44. The van der Waals surface area contributed by atoms with Crippen molar-refractivity contribution < 1.29 is 17.7 Å². The minimum atomic E-state index is -4.38. The van der Waals surface area contributed by atoms with Gasteiger partial charge in [0.05, 0.1) is 22.9 Å². The molecule has 0 unspecified atom stereocenters. The molecule has 0 amide bonds. The Balaban J connectivity index is 1.43. The second kappa shape index (κ2) is 6.72. The van der Waals surface area contributed by atoms with Gasteiger partial charge in [-0.3, -0.25) is 0 Å². The molecule has 0 bridgehead atoms. The smallest absolute Gasteiger partial charge is 0.334 e. The van der Waals surface area contributed by atoms with Gasteiger partial charge in [0.25, 0.3) is 5.89 Å². The van der Waals surface area contributed by atoms with Gasteiger partial charge in [-0.25, -0.2) is 4.98 Å². The first kappa shape index (κ1) is 17.9. The van der Waals surface area contributed by atoms with Gasteiger partial charge < -0.3 is 9.09 Å². The summed E-state index contributed by atoms with van der Waals surface area (Å²) in [5, 5.41) is 3.98. The summed E-state index contributed by atoms with van der Waals surface area (Å²) < 4.78 is 45.6. The molecule has 0 radical (unpaired) electrons. The fourth-order valence-electron chi connectivity index (χ4n) is 3.90. The van der Waals surface area contributed by atoms with Crippen LogP contribution in [0.25, 0.3) is 33.9 Å². The van der Waals surface area contributed by atoms with Gasteiger partial charge in [0.2, 0.25) is 5.82 Å². The Morgan fingerprint density at radius 3 is 2.41 bits per heavy atom. The summed E-state index contributed by atoms with van der Waals surface area (Å²) in [6.45, 7) is 0. The molecule has 2 aromatic carbocycles. The van der Waals surface area contributed by atoms with Gasteiger partial charge in [-0.15, -0.1) is 0 Å². The van der Waals surface area contributed by atoms with Crippen LogP contribution >= 0.6 is 0 Å². The molecule has 2 aromatic heterocycles. The Bertz CT molecular complexity index is 1150. The lowest BCUT2D eigenvalue weighted by Crippen LogP contribution is -2.03. The predicted octanol–water partition coefficient (Wildman–Crippen LogP) is 5.89. The number of imidazole rings is 1. The molecule has 1 aliphatic carbocycles. The molecular formula is C21H17F3N4O. The Hall–Kier alpha value is -3.16. The molecule has 0 spiro atoms. The quantitative estimate of drug-likeness (QED) is 0.432. The standard InChI is InChI=1S/C21H17F3N4O/c22-21(23,24)15-8-5-13(6-9-15)20-26-19(27-29-20)14-7-10-18-17(11-14)25-12-28(18)16-3-1-2-4-16/h5-12,16H,1-4H2. The number of hydrogen-bond donors (Lipinski definition) is 0. The molecule has 4 aromatic rings. The van der Waals surface area contributed by atoms with Crippen LogP contribution in [0.2, 0.25) is 0 Å². The zero-order valence-electron chi connectivity index (χ0n) is 15.4. The number of hydrogen-bond acceptors (Lipinski definition) is 4. The molecule has 0 N–H and O–H groups in total. The van der Waals surface area contributed by atoms with Gasteiger partial charge >= 0.3 is 6.18 Å². The summed E-state index contributed by atoms with van der Waals surface area (Å²) in [6, 6.07) is 11.0. The average Bonchev–Trinajstić information content (AvgIpc) is 3.46. The van der Waals surface area contributed by atoms with Crippen molar-refractivity contribution in [3.05, 3.63) is 54.4 Å². The zero-order valence-corrected chi connectivity index (χ0v) is 15.4. The van der Waals surface area contributed by atoms with Crippen LogP contribution in [0.15, 0.2) is 53.3 Å². The van der Waals surface area contributed by atoms with Gasteiger partial charge in [0.15, 0.2) is 0 Å². The summed E-state index contributed by atoms with van der Waals surface area (Å²) >= 11 is 0. The van der Waals surface area contributed by atoms with Crippen molar-refractivity contribution in [3.8, 4) is 22.8 Å². The number of fused-ring (bicyclic) bond motifs is 1. The van der Waals surface area contributed by atoms with Gasteiger partial charge in [-0.05, 0) is 55.3 Å². The second-order valence-electron chi connectivity index (χ2n) is 7.29. The highest BCUT2D eigenvalue weighted by Gasteiger charge is 2.30. The van der Waals surface area contributed by atoms with Crippen LogP contribution in [0.4, 0.5) is 13.2 Å². The van der Waals surface area contributed by atoms with E-state index in [1.54, 1.807) is 0 Å². The van der Waals surface area contributed by atoms with Gasteiger partial charge in [-0.1, -0.05) is 18.0 Å². The van der Waals surface area contributed by atoms with Crippen LogP contribution in [0.5, 0.6) is 0 Å². The first-order valence-electron chi connectivity index (χ1n) is 9.47. The van der Waals surface area contributed by atoms with E-state index < -0.39 is 11.7 Å². The normalized spacial score (nSPS) is 15.4. The lowest BCUT2D eigenvalue weighted by Gasteiger charge is -2.11.